The van der Waals surface area contributed by atoms with Crippen LogP contribution in [0.15, 0.2) is 12.1 Å². The van der Waals surface area contributed by atoms with Crippen molar-refractivity contribution < 1.29 is 22.0 Å². The van der Waals surface area contributed by atoms with Gasteiger partial charge in [-0.15, -0.1) is 11.3 Å². The van der Waals surface area contributed by atoms with Gasteiger partial charge in [-0.25, -0.2) is 22.0 Å². The third-order valence-electron chi connectivity index (χ3n) is 2.46. The second-order valence-corrected chi connectivity index (χ2v) is 5.35. The van der Waals surface area contributed by atoms with Crippen molar-refractivity contribution in [3.05, 3.63) is 56.0 Å². The maximum atomic E-state index is 13.5. The lowest BCUT2D eigenvalue weighted by molar-refractivity contribution is 0.367. The van der Waals surface area contributed by atoms with Gasteiger partial charge in [-0.2, -0.15) is 0 Å². The Morgan fingerprint density at radius 1 is 0.895 bits per heavy atom. The highest BCUT2D eigenvalue weighted by molar-refractivity contribution is 7.16. The molecule has 19 heavy (non-hydrogen) atoms. The Labute approximate surface area is 113 Å². The third kappa shape index (κ3) is 2.33. The van der Waals surface area contributed by atoms with Crippen molar-refractivity contribution in [3.63, 3.8) is 0 Å². The van der Waals surface area contributed by atoms with Crippen LogP contribution in [0.1, 0.15) is 16.5 Å². The minimum atomic E-state index is -2.21. The van der Waals surface area contributed by atoms with E-state index >= 15 is 0 Å². The molecular weight excluding hydrogens is 309 g/mol. The molecule has 0 saturated carbocycles. The molecule has 1 heterocycles. The Balaban J connectivity index is 2.63. The number of hydrogen-bond donors (Lipinski definition) is 1. The van der Waals surface area contributed by atoms with Crippen molar-refractivity contribution in [2.75, 3.05) is 0 Å². The van der Waals surface area contributed by atoms with Gasteiger partial charge in [0, 0.05) is 4.88 Å². The van der Waals surface area contributed by atoms with E-state index in [-0.39, 0.29) is 9.21 Å². The van der Waals surface area contributed by atoms with Crippen molar-refractivity contribution in [1.82, 2.24) is 0 Å². The highest BCUT2D eigenvalue weighted by Crippen LogP contribution is 2.34. The first kappa shape index (κ1) is 14.2. The Morgan fingerprint density at radius 2 is 1.37 bits per heavy atom. The Morgan fingerprint density at radius 3 is 1.79 bits per heavy atom. The molecule has 0 bridgehead atoms. The summed E-state index contributed by atoms with van der Waals surface area (Å²) in [6, 6.07) is 1.28. The molecule has 0 aliphatic rings. The molecule has 0 aliphatic carbocycles. The minimum Gasteiger partial charge on any atom is -0.319 e. The molecule has 0 fully saturated rings. The molecule has 1 aromatic heterocycles. The molecule has 0 radical (unpaired) electrons. The molecule has 0 aliphatic heterocycles. The molecule has 102 valence electrons. The van der Waals surface area contributed by atoms with Gasteiger partial charge in [-0.1, -0.05) is 11.6 Å². The first-order chi connectivity index (χ1) is 8.84. The Bertz CT molecular complexity index is 613. The van der Waals surface area contributed by atoms with Crippen LogP contribution < -0.4 is 5.73 Å². The van der Waals surface area contributed by atoms with Crippen LogP contribution >= 0.6 is 22.9 Å². The number of rotatable bonds is 2. The Kier molecular flexibility index (Phi) is 3.80. The molecular formula is C11H5ClF5NS. The lowest BCUT2D eigenvalue weighted by Crippen LogP contribution is -2.18. The molecule has 1 atom stereocenters. The number of halogens is 6. The number of thiophene rings is 1. The smallest absolute Gasteiger partial charge is 0.200 e. The number of benzene rings is 1. The largest absolute Gasteiger partial charge is 0.319 e. The summed E-state index contributed by atoms with van der Waals surface area (Å²) in [4.78, 5) is 0.188. The summed E-state index contributed by atoms with van der Waals surface area (Å²) in [6.07, 6.45) is 0. The van der Waals surface area contributed by atoms with Crippen molar-refractivity contribution in [2.45, 2.75) is 6.04 Å². The van der Waals surface area contributed by atoms with Crippen LogP contribution in [-0.4, -0.2) is 0 Å². The Hall–Kier alpha value is -1.18. The zero-order chi connectivity index (χ0) is 14.3. The van der Waals surface area contributed by atoms with Crippen LogP contribution in [-0.2, 0) is 0 Å². The SMILES string of the molecule is NC(c1ccc(Cl)s1)c1c(F)c(F)c(F)c(F)c1F. The summed E-state index contributed by atoms with van der Waals surface area (Å²) in [5.74, 6) is -10.1. The van der Waals surface area contributed by atoms with Crippen LogP contribution in [0.5, 0.6) is 0 Å². The summed E-state index contributed by atoms with van der Waals surface area (Å²) in [5, 5.41) is 0. The first-order valence-electron chi connectivity index (χ1n) is 4.86. The lowest BCUT2D eigenvalue weighted by atomic mass is 10.0. The number of nitrogens with two attached hydrogens (primary N) is 1. The van der Waals surface area contributed by atoms with Gasteiger partial charge in [-0.05, 0) is 12.1 Å². The average molecular weight is 314 g/mol. The van der Waals surface area contributed by atoms with Gasteiger partial charge < -0.3 is 5.73 Å². The maximum Gasteiger partial charge on any atom is 0.200 e. The van der Waals surface area contributed by atoms with Gasteiger partial charge in [0.25, 0.3) is 0 Å². The predicted octanol–water partition coefficient (Wildman–Crippen LogP) is 4.15. The quantitative estimate of drug-likeness (QED) is 0.503. The monoisotopic (exact) mass is 313 g/mol. The maximum absolute atomic E-state index is 13.5. The standard InChI is InChI=1S/C11H5ClF5NS/c12-4-2-1-3(19-4)11(18)5-6(13)8(15)10(17)9(16)7(5)14/h1-2,11H,18H2. The van der Waals surface area contributed by atoms with E-state index in [9.17, 15) is 22.0 Å². The first-order valence-corrected chi connectivity index (χ1v) is 6.06. The third-order valence-corrected chi connectivity index (χ3v) is 3.77. The predicted molar refractivity (Wildman–Crippen MR) is 61.6 cm³/mol. The minimum absolute atomic E-state index is 0.188. The van der Waals surface area contributed by atoms with Crippen LogP contribution in [0.25, 0.3) is 0 Å². The molecule has 0 amide bonds. The fraction of sp³-hybridized carbons (Fsp3) is 0.0909. The second kappa shape index (κ2) is 5.07. The van der Waals surface area contributed by atoms with E-state index in [4.69, 9.17) is 17.3 Å². The van der Waals surface area contributed by atoms with E-state index in [1.807, 2.05) is 0 Å². The molecule has 8 heteroatoms. The van der Waals surface area contributed by atoms with E-state index in [0.29, 0.717) is 0 Å². The van der Waals surface area contributed by atoms with Gasteiger partial charge in [0.2, 0.25) is 5.82 Å². The molecule has 2 aromatic rings. The van der Waals surface area contributed by atoms with E-state index in [2.05, 4.69) is 0 Å². The van der Waals surface area contributed by atoms with Crippen molar-refractivity contribution >= 4 is 22.9 Å². The summed E-state index contributed by atoms with van der Waals surface area (Å²) in [5.41, 5.74) is 4.46. The summed E-state index contributed by atoms with van der Waals surface area (Å²) < 4.78 is 66.3. The molecule has 2 rings (SSSR count). The molecule has 0 saturated heterocycles. The van der Waals surface area contributed by atoms with Crippen molar-refractivity contribution in [1.29, 1.82) is 0 Å². The highest BCUT2D eigenvalue weighted by atomic mass is 35.5. The topological polar surface area (TPSA) is 26.0 Å². The summed E-state index contributed by atoms with van der Waals surface area (Å²) >= 11 is 6.52. The lowest BCUT2D eigenvalue weighted by Gasteiger charge is -2.13. The zero-order valence-electron chi connectivity index (χ0n) is 8.99. The number of hydrogen-bond acceptors (Lipinski definition) is 2. The fourth-order valence-electron chi connectivity index (χ4n) is 1.53. The van der Waals surface area contributed by atoms with Gasteiger partial charge >= 0.3 is 0 Å². The molecule has 1 nitrogen and oxygen atoms in total. The average Bonchev–Trinajstić information content (AvgIpc) is 2.81. The van der Waals surface area contributed by atoms with Gasteiger partial charge in [0.1, 0.15) is 0 Å². The van der Waals surface area contributed by atoms with Crippen molar-refractivity contribution in [3.8, 4) is 0 Å². The second-order valence-electron chi connectivity index (χ2n) is 3.60. The molecule has 1 aromatic carbocycles. The van der Waals surface area contributed by atoms with Crippen LogP contribution in [0, 0.1) is 29.1 Å². The molecule has 0 spiro atoms. The van der Waals surface area contributed by atoms with E-state index in [0.717, 1.165) is 11.3 Å². The molecule has 2 N–H and O–H groups in total. The zero-order valence-corrected chi connectivity index (χ0v) is 10.6. The van der Waals surface area contributed by atoms with E-state index in [1.165, 1.54) is 12.1 Å². The van der Waals surface area contributed by atoms with E-state index < -0.39 is 40.7 Å². The van der Waals surface area contributed by atoms with Gasteiger partial charge in [0.05, 0.1) is 15.9 Å². The van der Waals surface area contributed by atoms with E-state index in [1.54, 1.807) is 0 Å². The van der Waals surface area contributed by atoms with Crippen LogP contribution in [0.2, 0.25) is 4.34 Å². The van der Waals surface area contributed by atoms with Crippen molar-refractivity contribution in [2.24, 2.45) is 5.73 Å². The highest BCUT2D eigenvalue weighted by Gasteiger charge is 2.30. The summed E-state index contributed by atoms with van der Waals surface area (Å²) in [6.45, 7) is 0. The molecule has 1 unspecified atom stereocenters. The van der Waals surface area contributed by atoms with Gasteiger partial charge in [-0.3, -0.25) is 0 Å². The fourth-order valence-corrected chi connectivity index (χ4v) is 2.61. The van der Waals surface area contributed by atoms with Crippen LogP contribution in [0.4, 0.5) is 22.0 Å². The normalized spacial score (nSPS) is 12.8. The van der Waals surface area contributed by atoms with Crippen LogP contribution in [0.3, 0.4) is 0 Å². The van der Waals surface area contributed by atoms with Gasteiger partial charge in [0.15, 0.2) is 23.3 Å². The summed E-state index contributed by atoms with van der Waals surface area (Å²) in [7, 11) is 0.